The molecular weight excluding hydrogens is 622 g/mol. The van der Waals surface area contributed by atoms with E-state index in [2.05, 4.69) is 19.8 Å². The molecule has 2 fully saturated rings. The van der Waals surface area contributed by atoms with Crippen molar-refractivity contribution in [2.45, 2.75) is 57.8 Å². The number of carbonyl (C=O) groups excluding carboxylic acids is 3. The molecule has 2 unspecified atom stereocenters. The average molecular weight is 661 g/mol. The molecule has 2 aromatic rings. The molecule has 2 heterocycles. The molecule has 3 N–H and O–H groups in total. The van der Waals surface area contributed by atoms with Gasteiger partial charge in [0.25, 0.3) is 5.91 Å². The Labute approximate surface area is 265 Å². The molecule has 2 aliphatic rings. The molecule has 1 aliphatic heterocycles. The van der Waals surface area contributed by atoms with Gasteiger partial charge in [-0.1, -0.05) is 13.8 Å². The van der Waals surface area contributed by atoms with Gasteiger partial charge in [0.15, 0.2) is 23.0 Å². The number of nitrogens with two attached hydrogens (primary N) is 1. The van der Waals surface area contributed by atoms with Crippen LogP contribution < -0.4 is 20.5 Å². The van der Waals surface area contributed by atoms with Crippen LogP contribution in [-0.2, 0) is 19.0 Å². The number of alkyl carbamates (subject to hydrolysis) is 1. The van der Waals surface area contributed by atoms with Crippen molar-refractivity contribution < 1.29 is 51.3 Å². The van der Waals surface area contributed by atoms with Crippen molar-refractivity contribution in [1.82, 2.24) is 15.2 Å². The van der Waals surface area contributed by atoms with Crippen molar-refractivity contribution in [3.8, 4) is 23.0 Å². The molecular formula is C29H39ClF2N4O9. The van der Waals surface area contributed by atoms with Gasteiger partial charge in [-0.2, -0.15) is 8.78 Å². The van der Waals surface area contributed by atoms with E-state index in [1.807, 2.05) is 13.8 Å². The van der Waals surface area contributed by atoms with Crippen molar-refractivity contribution in [3.63, 3.8) is 0 Å². The minimum absolute atomic E-state index is 0. The standard InChI is InChI=1S/C29H38F2N4O9.ClH/c1-15(2)22(32)24-23(26(36)35-13-18(33-29(38)40-4)12-19(35)27(37)41-10-9-39-3)34-25(44-24)17-7-8-20(43-28(30)31)21(11-17)42-14-16-5-6-16;/h7-8,11,15-16,18-19,22,28H,5-6,9-10,12-14,32H2,1-4H3,(H,33,38);1H/t18?,19?,22-;/m0./s1. The lowest BCUT2D eigenvalue weighted by Crippen LogP contribution is -2.43. The number of amides is 2. The van der Waals surface area contributed by atoms with Gasteiger partial charge in [0.2, 0.25) is 5.89 Å². The molecule has 1 saturated carbocycles. The van der Waals surface area contributed by atoms with Gasteiger partial charge in [-0.25, -0.2) is 14.6 Å². The highest BCUT2D eigenvalue weighted by Gasteiger charge is 2.44. The van der Waals surface area contributed by atoms with Gasteiger partial charge in [-0.15, -0.1) is 12.4 Å². The second-order valence-corrected chi connectivity index (χ2v) is 11.0. The zero-order valence-electron chi connectivity index (χ0n) is 25.5. The van der Waals surface area contributed by atoms with Crippen molar-refractivity contribution in [2.24, 2.45) is 17.6 Å². The summed E-state index contributed by atoms with van der Waals surface area (Å²) in [6.07, 6.45) is 1.32. The molecule has 3 atom stereocenters. The van der Waals surface area contributed by atoms with Gasteiger partial charge in [0.1, 0.15) is 12.6 Å². The van der Waals surface area contributed by atoms with Crippen LogP contribution in [0, 0.1) is 11.8 Å². The summed E-state index contributed by atoms with van der Waals surface area (Å²) in [7, 11) is 2.66. The molecule has 4 rings (SSSR count). The normalized spacial score (nSPS) is 18.4. The molecule has 250 valence electrons. The number of aromatic nitrogens is 1. The Morgan fingerprint density at radius 3 is 2.51 bits per heavy atom. The van der Waals surface area contributed by atoms with Crippen molar-refractivity contribution >= 4 is 30.4 Å². The maximum Gasteiger partial charge on any atom is 0.407 e. The molecule has 0 bridgehead atoms. The fourth-order valence-electron chi connectivity index (χ4n) is 4.65. The van der Waals surface area contributed by atoms with Gasteiger partial charge >= 0.3 is 18.7 Å². The van der Waals surface area contributed by atoms with Gasteiger partial charge < -0.3 is 44.1 Å². The third kappa shape index (κ3) is 9.17. The van der Waals surface area contributed by atoms with Crippen LogP contribution in [0.1, 0.15) is 55.4 Å². The van der Waals surface area contributed by atoms with Crippen molar-refractivity contribution in [1.29, 1.82) is 0 Å². The number of oxazole rings is 1. The number of likely N-dealkylation sites (tertiary alicyclic amines) is 1. The molecule has 0 spiro atoms. The van der Waals surface area contributed by atoms with E-state index in [4.69, 9.17) is 24.4 Å². The predicted octanol–water partition coefficient (Wildman–Crippen LogP) is 3.94. The fourth-order valence-corrected chi connectivity index (χ4v) is 4.65. The number of nitrogens with zero attached hydrogens (tertiary/aromatic N) is 2. The number of nitrogens with one attached hydrogen (secondary N) is 1. The lowest BCUT2D eigenvalue weighted by molar-refractivity contribution is -0.149. The number of hydrogen-bond donors (Lipinski definition) is 2. The van der Waals surface area contributed by atoms with Crippen LogP contribution in [0.15, 0.2) is 22.6 Å². The monoisotopic (exact) mass is 660 g/mol. The quantitative estimate of drug-likeness (QED) is 0.223. The number of halogens is 3. The first-order valence-corrected chi connectivity index (χ1v) is 14.3. The zero-order valence-corrected chi connectivity index (χ0v) is 26.3. The number of ether oxygens (including phenoxy) is 5. The summed E-state index contributed by atoms with van der Waals surface area (Å²) in [6.45, 7) is 1.03. The highest BCUT2D eigenvalue weighted by atomic mass is 35.5. The third-order valence-electron chi connectivity index (χ3n) is 7.33. The minimum atomic E-state index is -3.06. The van der Waals surface area contributed by atoms with Gasteiger partial charge in [-0.05, 0) is 42.9 Å². The van der Waals surface area contributed by atoms with Crippen LogP contribution in [0.5, 0.6) is 11.5 Å². The Bertz CT molecular complexity index is 1320. The molecule has 0 radical (unpaired) electrons. The first-order valence-electron chi connectivity index (χ1n) is 14.3. The Morgan fingerprint density at radius 1 is 1.16 bits per heavy atom. The molecule has 2 amide bonds. The topological polar surface area (TPSA) is 165 Å². The van der Waals surface area contributed by atoms with E-state index in [1.54, 1.807) is 0 Å². The van der Waals surface area contributed by atoms with E-state index in [0.717, 1.165) is 12.8 Å². The minimum Gasteiger partial charge on any atom is -0.489 e. The van der Waals surface area contributed by atoms with E-state index >= 15 is 0 Å². The number of hydrogen-bond acceptors (Lipinski definition) is 11. The van der Waals surface area contributed by atoms with Crippen LogP contribution >= 0.6 is 12.4 Å². The summed E-state index contributed by atoms with van der Waals surface area (Å²) in [5.41, 5.74) is 6.63. The van der Waals surface area contributed by atoms with E-state index in [-0.39, 0.29) is 73.3 Å². The first kappa shape index (κ1) is 35.8. The zero-order chi connectivity index (χ0) is 32.0. The number of methoxy groups -OCH3 is 2. The van der Waals surface area contributed by atoms with Crippen molar-refractivity contribution in [2.75, 3.05) is 40.6 Å². The van der Waals surface area contributed by atoms with Crippen LogP contribution in [0.2, 0.25) is 0 Å². The Morgan fingerprint density at radius 2 is 1.89 bits per heavy atom. The maximum absolute atomic E-state index is 14.1. The Kier molecular flexibility index (Phi) is 12.8. The fraction of sp³-hybridized carbons (Fsp3) is 0.586. The molecule has 45 heavy (non-hydrogen) atoms. The third-order valence-corrected chi connectivity index (χ3v) is 7.33. The van der Waals surface area contributed by atoms with Gasteiger partial charge in [0.05, 0.1) is 32.4 Å². The SMILES string of the molecule is COCCOC(=O)C1CC(NC(=O)OC)CN1C(=O)c1nc(-c2ccc(OC(F)F)c(OCC3CC3)c2)oc1[C@@H](N)C(C)C.Cl. The smallest absolute Gasteiger partial charge is 0.407 e. The van der Waals surface area contributed by atoms with E-state index in [9.17, 15) is 23.2 Å². The summed E-state index contributed by atoms with van der Waals surface area (Å²) in [5.74, 6) is -1.21. The highest BCUT2D eigenvalue weighted by molar-refractivity contribution is 5.97. The lowest BCUT2D eigenvalue weighted by atomic mass is 10.0. The second-order valence-electron chi connectivity index (χ2n) is 11.0. The van der Waals surface area contributed by atoms with E-state index in [0.29, 0.717) is 18.1 Å². The summed E-state index contributed by atoms with van der Waals surface area (Å²) < 4.78 is 57.5. The molecule has 1 saturated heterocycles. The second kappa shape index (κ2) is 16.0. The van der Waals surface area contributed by atoms with Crippen LogP contribution in [0.25, 0.3) is 11.5 Å². The number of esters is 1. The van der Waals surface area contributed by atoms with E-state index < -0.39 is 42.7 Å². The van der Waals surface area contributed by atoms with Crippen LogP contribution in [-0.4, -0.2) is 87.1 Å². The Balaban J connectivity index is 0.00000552. The maximum atomic E-state index is 14.1. The van der Waals surface area contributed by atoms with Gasteiger partial charge in [-0.3, -0.25) is 4.79 Å². The summed E-state index contributed by atoms with van der Waals surface area (Å²) in [5, 5.41) is 2.62. The van der Waals surface area contributed by atoms with Crippen LogP contribution in [0.4, 0.5) is 13.6 Å². The lowest BCUT2D eigenvalue weighted by Gasteiger charge is -2.23. The number of carbonyl (C=O) groups is 3. The number of alkyl halides is 2. The summed E-state index contributed by atoms with van der Waals surface area (Å²) in [4.78, 5) is 44.7. The number of benzene rings is 1. The molecule has 1 aliphatic carbocycles. The highest BCUT2D eigenvalue weighted by Crippen LogP contribution is 2.38. The predicted molar refractivity (Wildman–Crippen MR) is 157 cm³/mol. The van der Waals surface area contributed by atoms with Gasteiger partial charge in [0, 0.05) is 25.6 Å². The summed E-state index contributed by atoms with van der Waals surface area (Å²) >= 11 is 0. The van der Waals surface area contributed by atoms with Crippen LogP contribution in [0.3, 0.4) is 0 Å². The molecule has 1 aromatic heterocycles. The Hall–Kier alpha value is -3.69. The first-order chi connectivity index (χ1) is 21.0. The average Bonchev–Trinajstić information content (AvgIpc) is 3.56. The molecule has 16 heteroatoms. The molecule has 13 nitrogen and oxygen atoms in total. The number of rotatable bonds is 14. The van der Waals surface area contributed by atoms with Crippen molar-refractivity contribution in [3.05, 3.63) is 29.7 Å². The molecule has 1 aromatic carbocycles. The summed E-state index contributed by atoms with van der Waals surface area (Å²) in [6, 6.07) is 1.78. The van der Waals surface area contributed by atoms with E-state index in [1.165, 1.54) is 37.3 Å². The largest absolute Gasteiger partial charge is 0.489 e.